The molecule has 0 bridgehead atoms. The second kappa shape index (κ2) is 5.32. The van der Waals surface area contributed by atoms with Gasteiger partial charge in [-0.05, 0) is 18.2 Å². The quantitative estimate of drug-likeness (QED) is 0.566. The molecule has 0 aliphatic heterocycles. The Balaban J connectivity index is 3.16. The minimum atomic E-state index is 0.569. The molecule has 0 fully saturated rings. The molecule has 2 nitrogen and oxygen atoms in total. The molecule has 3 heteroatoms. The van der Waals surface area contributed by atoms with Crippen molar-refractivity contribution >= 4 is 15.9 Å². The predicted molar refractivity (Wildman–Crippen MR) is 58.4 cm³/mol. The summed E-state index contributed by atoms with van der Waals surface area (Å²) in [6.45, 7) is 0. The van der Waals surface area contributed by atoms with E-state index in [0.717, 1.165) is 0 Å². The Bertz CT molecular complexity index is 423. The van der Waals surface area contributed by atoms with Crippen LogP contribution in [-0.2, 0) is 0 Å². The third-order valence-electron chi connectivity index (χ3n) is 1.64. The van der Waals surface area contributed by atoms with Gasteiger partial charge in [0.05, 0.1) is 18.0 Å². The van der Waals surface area contributed by atoms with Crippen molar-refractivity contribution in [3.05, 3.63) is 29.3 Å². The molecule has 0 N–H and O–H groups in total. The number of hydrogen-bond donors (Lipinski definition) is 0. The van der Waals surface area contributed by atoms with Crippen molar-refractivity contribution in [2.45, 2.75) is 0 Å². The zero-order valence-electron chi connectivity index (χ0n) is 7.67. The van der Waals surface area contributed by atoms with Crippen molar-refractivity contribution < 1.29 is 4.74 Å². The molecule has 0 unspecified atom stereocenters. The maximum atomic E-state index is 8.81. The first-order chi connectivity index (χ1) is 6.81. The van der Waals surface area contributed by atoms with Crippen molar-refractivity contribution in [1.82, 2.24) is 0 Å². The van der Waals surface area contributed by atoms with E-state index in [1.807, 2.05) is 0 Å². The highest BCUT2D eigenvalue weighted by Gasteiger charge is 2.00. The van der Waals surface area contributed by atoms with Gasteiger partial charge in [-0.15, -0.1) is 0 Å². The largest absolute Gasteiger partial charge is 0.497 e. The van der Waals surface area contributed by atoms with E-state index in [4.69, 9.17) is 10.00 Å². The van der Waals surface area contributed by atoms with Crippen LogP contribution < -0.4 is 4.74 Å². The number of methoxy groups -OCH3 is 1. The Morgan fingerprint density at radius 1 is 1.43 bits per heavy atom. The van der Waals surface area contributed by atoms with E-state index in [9.17, 15) is 0 Å². The lowest BCUT2D eigenvalue weighted by molar-refractivity contribution is 0.414. The number of nitriles is 1. The zero-order chi connectivity index (χ0) is 10.4. The van der Waals surface area contributed by atoms with Gasteiger partial charge in [-0.25, -0.2) is 0 Å². The number of halogens is 1. The van der Waals surface area contributed by atoms with Crippen molar-refractivity contribution in [3.8, 4) is 23.7 Å². The molecule has 70 valence electrons. The van der Waals surface area contributed by atoms with Crippen LogP contribution in [0, 0.1) is 23.2 Å². The van der Waals surface area contributed by atoms with Gasteiger partial charge < -0.3 is 4.74 Å². The second-order valence-corrected chi connectivity index (χ2v) is 3.02. The van der Waals surface area contributed by atoms with E-state index in [0.29, 0.717) is 22.2 Å². The number of rotatable bonds is 1. The van der Waals surface area contributed by atoms with Gasteiger partial charge in [-0.1, -0.05) is 27.8 Å². The standard InChI is InChI=1S/C11H8BrNO/c1-14-11-5-4-10(8-13)9(7-11)3-2-6-12/h4-5,7H,6H2,1H3. The summed E-state index contributed by atoms with van der Waals surface area (Å²) >= 11 is 3.20. The molecule has 0 saturated heterocycles. The van der Waals surface area contributed by atoms with Crippen molar-refractivity contribution in [2.75, 3.05) is 12.4 Å². The van der Waals surface area contributed by atoms with Crippen LogP contribution in [0.4, 0.5) is 0 Å². The number of ether oxygens (including phenoxy) is 1. The number of nitrogens with zero attached hydrogens (tertiary/aromatic N) is 1. The van der Waals surface area contributed by atoms with Crippen LogP contribution in [0.2, 0.25) is 0 Å². The molecule has 0 amide bonds. The van der Waals surface area contributed by atoms with Crippen molar-refractivity contribution in [2.24, 2.45) is 0 Å². The van der Waals surface area contributed by atoms with Gasteiger partial charge in [0.25, 0.3) is 0 Å². The van der Waals surface area contributed by atoms with Crippen molar-refractivity contribution in [1.29, 1.82) is 5.26 Å². The smallest absolute Gasteiger partial charge is 0.120 e. The molecule has 0 radical (unpaired) electrons. The van der Waals surface area contributed by atoms with Gasteiger partial charge in [0.2, 0.25) is 0 Å². The van der Waals surface area contributed by atoms with Gasteiger partial charge in [-0.3, -0.25) is 0 Å². The summed E-state index contributed by atoms with van der Waals surface area (Å²) in [7, 11) is 1.59. The summed E-state index contributed by atoms with van der Waals surface area (Å²) in [5.74, 6) is 6.45. The molecule has 0 heterocycles. The highest BCUT2D eigenvalue weighted by molar-refractivity contribution is 9.09. The average Bonchev–Trinajstić information content (AvgIpc) is 2.25. The normalized spacial score (nSPS) is 8.36. The molecule has 1 rings (SSSR count). The summed E-state index contributed by atoms with van der Waals surface area (Å²) in [6.07, 6.45) is 0. The third-order valence-corrected chi connectivity index (χ3v) is 1.92. The molecule has 0 spiro atoms. The van der Waals surface area contributed by atoms with Crippen LogP contribution in [0.1, 0.15) is 11.1 Å². The second-order valence-electron chi connectivity index (χ2n) is 2.46. The summed E-state index contributed by atoms with van der Waals surface area (Å²) in [4.78, 5) is 0. The summed E-state index contributed by atoms with van der Waals surface area (Å²) in [5.41, 5.74) is 1.27. The Labute approximate surface area is 91.6 Å². The van der Waals surface area contributed by atoms with Crippen molar-refractivity contribution in [3.63, 3.8) is 0 Å². The fourth-order valence-corrected chi connectivity index (χ4v) is 1.12. The lowest BCUT2D eigenvalue weighted by Gasteiger charge is -2.00. The van der Waals surface area contributed by atoms with Crippen LogP contribution in [0.15, 0.2) is 18.2 Å². The van der Waals surface area contributed by atoms with Gasteiger partial charge in [0, 0.05) is 5.56 Å². The molecule has 14 heavy (non-hydrogen) atoms. The van der Waals surface area contributed by atoms with Crippen LogP contribution in [0.3, 0.4) is 0 Å². The Morgan fingerprint density at radius 3 is 2.79 bits per heavy atom. The van der Waals surface area contributed by atoms with Gasteiger partial charge in [-0.2, -0.15) is 5.26 Å². The van der Waals surface area contributed by atoms with Gasteiger partial charge >= 0.3 is 0 Å². The van der Waals surface area contributed by atoms with E-state index in [1.54, 1.807) is 25.3 Å². The number of alkyl halides is 1. The minimum absolute atomic E-state index is 0.569. The maximum Gasteiger partial charge on any atom is 0.120 e. The monoisotopic (exact) mass is 249 g/mol. The minimum Gasteiger partial charge on any atom is -0.497 e. The highest BCUT2D eigenvalue weighted by atomic mass is 79.9. The van der Waals surface area contributed by atoms with Crippen LogP contribution in [0.25, 0.3) is 0 Å². The summed E-state index contributed by atoms with van der Waals surface area (Å²) < 4.78 is 5.05. The third kappa shape index (κ3) is 2.52. The SMILES string of the molecule is COc1ccc(C#N)c(C#CCBr)c1. The Morgan fingerprint density at radius 2 is 2.21 bits per heavy atom. The molecule has 0 aromatic heterocycles. The molecule has 0 saturated carbocycles. The van der Waals surface area contributed by atoms with E-state index in [-0.39, 0.29) is 0 Å². The molecular weight excluding hydrogens is 242 g/mol. The number of hydrogen-bond acceptors (Lipinski definition) is 2. The molecule has 0 aliphatic carbocycles. The van der Waals surface area contributed by atoms with E-state index in [1.165, 1.54) is 0 Å². The van der Waals surface area contributed by atoms with Gasteiger partial charge in [0.1, 0.15) is 11.8 Å². The first-order valence-electron chi connectivity index (χ1n) is 3.94. The van der Waals surface area contributed by atoms with Crippen LogP contribution in [-0.4, -0.2) is 12.4 Å². The lowest BCUT2D eigenvalue weighted by atomic mass is 10.1. The predicted octanol–water partition coefficient (Wildman–Crippen LogP) is 2.31. The van der Waals surface area contributed by atoms with E-state index < -0.39 is 0 Å². The Kier molecular flexibility index (Phi) is 4.04. The Hall–Kier alpha value is -1.45. The fraction of sp³-hybridized carbons (Fsp3) is 0.182. The average molecular weight is 250 g/mol. The summed E-state index contributed by atoms with van der Waals surface area (Å²) in [6, 6.07) is 7.29. The molecular formula is C11H8BrNO. The van der Waals surface area contributed by atoms with Crippen LogP contribution in [0.5, 0.6) is 5.75 Å². The molecule has 0 atom stereocenters. The first kappa shape index (κ1) is 10.6. The zero-order valence-corrected chi connectivity index (χ0v) is 9.26. The topological polar surface area (TPSA) is 33.0 Å². The van der Waals surface area contributed by atoms with Gasteiger partial charge in [0.15, 0.2) is 0 Å². The lowest BCUT2D eigenvalue weighted by Crippen LogP contribution is -1.87. The van der Waals surface area contributed by atoms with E-state index in [2.05, 4.69) is 33.8 Å². The highest BCUT2D eigenvalue weighted by Crippen LogP contribution is 2.16. The molecule has 1 aromatic carbocycles. The number of benzene rings is 1. The maximum absolute atomic E-state index is 8.81. The van der Waals surface area contributed by atoms with Crippen LogP contribution >= 0.6 is 15.9 Å². The molecule has 0 aliphatic rings. The summed E-state index contributed by atoms with van der Waals surface area (Å²) in [5, 5.41) is 9.40. The molecule has 1 aromatic rings. The van der Waals surface area contributed by atoms with E-state index >= 15 is 0 Å². The first-order valence-corrected chi connectivity index (χ1v) is 5.07. The fourth-order valence-electron chi connectivity index (χ4n) is 0.980.